The Morgan fingerprint density at radius 3 is 2.03 bits per heavy atom. The lowest BCUT2D eigenvalue weighted by atomic mass is 9.97. The number of nitrogens with one attached hydrogen (secondary N) is 1. The number of hydrogen-bond acceptors (Lipinski definition) is 3. The second-order valence-electron chi connectivity index (χ2n) is 6.92. The lowest BCUT2D eigenvalue weighted by molar-refractivity contribution is 0.360. The number of rotatable bonds is 4. The molecule has 152 valence electrons. The highest BCUT2D eigenvalue weighted by Crippen LogP contribution is 2.31. The summed E-state index contributed by atoms with van der Waals surface area (Å²) in [4.78, 5) is 16.3. The van der Waals surface area contributed by atoms with Gasteiger partial charge < -0.3 is 14.5 Å². The first-order valence-corrected chi connectivity index (χ1v) is 9.27. The summed E-state index contributed by atoms with van der Waals surface area (Å²) in [5.41, 5.74) is 3.58. The average molecular weight is 407 g/mol. The number of halogens is 2. The van der Waals surface area contributed by atoms with Crippen molar-refractivity contribution in [1.82, 2.24) is 4.98 Å². The van der Waals surface area contributed by atoms with Crippen LogP contribution in [0.1, 0.15) is 5.69 Å². The van der Waals surface area contributed by atoms with Gasteiger partial charge in [0.15, 0.2) is 22.8 Å². The third-order valence-electron chi connectivity index (χ3n) is 5.10. The molecule has 1 heterocycles. The first-order valence-electron chi connectivity index (χ1n) is 9.27. The fraction of sp³-hybridized carbons (Fsp3) is 0.125. The number of H-pyrrole nitrogens is 1. The largest absolute Gasteiger partial charge is 0.497 e. The second kappa shape index (κ2) is 7.63. The maximum Gasteiger partial charge on any atom is 0.197 e. The number of methoxy groups -OCH3 is 2. The van der Waals surface area contributed by atoms with E-state index >= 15 is 0 Å². The number of pyridine rings is 1. The monoisotopic (exact) mass is 407 g/mol. The first-order chi connectivity index (χ1) is 14.4. The van der Waals surface area contributed by atoms with E-state index in [0.717, 1.165) is 5.69 Å². The summed E-state index contributed by atoms with van der Waals surface area (Å²) < 4.78 is 38.0. The van der Waals surface area contributed by atoms with E-state index in [-0.39, 0.29) is 5.43 Å². The molecule has 4 rings (SSSR count). The molecule has 3 aromatic carbocycles. The molecule has 0 saturated carbocycles. The number of aromatic nitrogens is 1. The van der Waals surface area contributed by atoms with Crippen LogP contribution in [0.3, 0.4) is 0 Å². The summed E-state index contributed by atoms with van der Waals surface area (Å²) in [5, 5.41) is 0.555. The predicted octanol–water partition coefficient (Wildman–Crippen LogP) is 5.47. The molecule has 0 atom stereocenters. The van der Waals surface area contributed by atoms with Crippen LogP contribution < -0.4 is 14.9 Å². The van der Waals surface area contributed by atoms with E-state index in [1.165, 1.54) is 19.2 Å². The molecule has 0 bridgehead atoms. The van der Waals surface area contributed by atoms with Crippen molar-refractivity contribution in [3.8, 4) is 33.8 Å². The fourth-order valence-electron chi connectivity index (χ4n) is 3.62. The Labute approximate surface area is 171 Å². The molecule has 4 aromatic rings. The summed E-state index contributed by atoms with van der Waals surface area (Å²) in [6, 6.07) is 14.7. The van der Waals surface area contributed by atoms with Gasteiger partial charge in [0.05, 0.1) is 19.7 Å². The van der Waals surface area contributed by atoms with E-state index in [9.17, 15) is 13.6 Å². The highest BCUT2D eigenvalue weighted by Gasteiger charge is 2.15. The second-order valence-corrected chi connectivity index (χ2v) is 6.92. The van der Waals surface area contributed by atoms with Gasteiger partial charge in [0.2, 0.25) is 0 Å². The molecule has 0 amide bonds. The van der Waals surface area contributed by atoms with Gasteiger partial charge in [0, 0.05) is 22.7 Å². The van der Waals surface area contributed by atoms with Crippen LogP contribution in [0, 0.1) is 18.6 Å². The summed E-state index contributed by atoms with van der Waals surface area (Å²) in [7, 11) is 2.79. The predicted molar refractivity (Wildman–Crippen MR) is 113 cm³/mol. The van der Waals surface area contributed by atoms with Gasteiger partial charge >= 0.3 is 0 Å². The van der Waals surface area contributed by atoms with Gasteiger partial charge in [-0.1, -0.05) is 24.3 Å². The van der Waals surface area contributed by atoms with Crippen molar-refractivity contribution in [2.45, 2.75) is 6.92 Å². The standard InChI is InChI=1S/C24H19F2NO3/c1-13-22(23(28)18-9-8-17(29-2)12-21(18)27-13)15-6-4-14(5-7-15)16-10-19(25)24(30-3)20(26)11-16/h4-12H,1-3H3,(H,27,28). The Morgan fingerprint density at radius 2 is 1.43 bits per heavy atom. The molecule has 0 unspecified atom stereocenters. The molecule has 0 aliphatic carbocycles. The Balaban J connectivity index is 1.78. The zero-order chi connectivity index (χ0) is 21.4. The third kappa shape index (κ3) is 3.30. The summed E-state index contributed by atoms with van der Waals surface area (Å²) in [6.45, 7) is 1.83. The molecule has 30 heavy (non-hydrogen) atoms. The lowest BCUT2D eigenvalue weighted by Gasteiger charge is -2.11. The minimum Gasteiger partial charge on any atom is -0.497 e. The Hall–Kier alpha value is -3.67. The molecule has 0 saturated heterocycles. The molecule has 0 radical (unpaired) electrons. The van der Waals surface area contributed by atoms with Crippen molar-refractivity contribution >= 4 is 10.9 Å². The molecule has 0 fully saturated rings. The van der Waals surface area contributed by atoms with Crippen molar-refractivity contribution in [3.63, 3.8) is 0 Å². The van der Waals surface area contributed by atoms with Crippen molar-refractivity contribution < 1.29 is 18.3 Å². The van der Waals surface area contributed by atoms with Crippen LogP contribution in [0.25, 0.3) is 33.2 Å². The average Bonchev–Trinajstić information content (AvgIpc) is 2.73. The number of fused-ring (bicyclic) bond motifs is 1. The maximum absolute atomic E-state index is 14.0. The van der Waals surface area contributed by atoms with E-state index in [1.807, 2.05) is 6.92 Å². The van der Waals surface area contributed by atoms with Crippen molar-refractivity contribution in [2.75, 3.05) is 14.2 Å². The van der Waals surface area contributed by atoms with Gasteiger partial charge in [-0.2, -0.15) is 0 Å². The minimum absolute atomic E-state index is 0.0989. The smallest absolute Gasteiger partial charge is 0.197 e. The van der Waals surface area contributed by atoms with Gasteiger partial charge in [0.1, 0.15) is 5.75 Å². The number of benzene rings is 3. The molecule has 0 aliphatic heterocycles. The van der Waals surface area contributed by atoms with Crippen LogP contribution >= 0.6 is 0 Å². The normalized spacial score (nSPS) is 11.0. The molecule has 0 aliphatic rings. The van der Waals surface area contributed by atoms with E-state index in [0.29, 0.717) is 38.9 Å². The zero-order valence-corrected chi connectivity index (χ0v) is 16.7. The van der Waals surface area contributed by atoms with Gasteiger partial charge in [-0.25, -0.2) is 8.78 Å². The van der Waals surface area contributed by atoms with Crippen LogP contribution in [0.15, 0.2) is 59.4 Å². The maximum atomic E-state index is 14.0. The topological polar surface area (TPSA) is 51.3 Å². The number of hydrogen-bond donors (Lipinski definition) is 1. The number of aryl methyl sites for hydroxylation is 1. The molecular weight excluding hydrogens is 388 g/mol. The van der Waals surface area contributed by atoms with Crippen molar-refractivity contribution in [1.29, 1.82) is 0 Å². The fourth-order valence-corrected chi connectivity index (χ4v) is 3.62. The molecule has 1 aromatic heterocycles. The molecule has 6 heteroatoms. The van der Waals surface area contributed by atoms with E-state index in [1.54, 1.807) is 49.6 Å². The van der Waals surface area contributed by atoms with Crippen LogP contribution in [0.2, 0.25) is 0 Å². The lowest BCUT2D eigenvalue weighted by Crippen LogP contribution is -2.09. The minimum atomic E-state index is -0.770. The first kappa shape index (κ1) is 19.6. The summed E-state index contributed by atoms with van der Waals surface area (Å²) >= 11 is 0. The van der Waals surface area contributed by atoms with Gasteiger partial charge in [-0.3, -0.25) is 4.79 Å². The van der Waals surface area contributed by atoms with Crippen molar-refractivity contribution in [3.05, 3.63) is 82.1 Å². The highest BCUT2D eigenvalue weighted by molar-refractivity contribution is 5.86. The summed E-state index contributed by atoms with van der Waals surface area (Å²) in [5.74, 6) is -1.29. The number of aromatic amines is 1. The van der Waals surface area contributed by atoms with Gasteiger partial charge in [0.25, 0.3) is 0 Å². The van der Waals surface area contributed by atoms with E-state index in [4.69, 9.17) is 9.47 Å². The summed E-state index contributed by atoms with van der Waals surface area (Å²) in [6.07, 6.45) is 0. The molecule has 4 nitrogen and oxygen atoms in total. The Kier molecular flexibility index (Phi) is 4.99. The van der Waals surface area contributed by atoms with Crippen LogP contribution in [0.4, 0.5) is 8.78 Å². The van der Waals surface area contributed by atoms with Crippen LogP contribution in [-0.4, -0.2) is 19.2 Å². The van der Waals surface area contributed by atoms with E-state index < -0.39 is 17.4 Å². The third-order valence-corrected chi connectivity index (χ3v) is 5.10. The molecular formula is C24H19F2NO3. The highest BCUT2D eigenvalue weighted by atomic mass is 19.1. The van der Waals surface area contributed by atoms with Gasteiger partial charge in [-0.15, -0.1) is 0 Å². The Bertz CT molecular complexity index is 1290. The quantitative estimate of drug-likeness (QED) is 0.488. The zero-order valence-electron chi connectivity index (χ0n) is 16.7. The van der Waals surface area contributed by atoms with E-state index in [2.05, 4.69) is 4.98 Å². The van der Waals surface area contributed by atoms with Crippen LogP contribution in [0.5, 0.6) is 11.5 Å². The number of ether oxygens (including phenoxy) is 2. The van der Waals surface area contributed by atoms with Crippen molar-refractivity contribution in [2.24, 2.45) is 0 Å². The molecule has 0 spiro atoms. The van der Waals surface area contributed by atoms with Crippen LogP contribution in [-0.2, 0) is 0 Å². The Morgan fingerprint density at radius 1 is 0.800 bits per heavy atom. The molecule has 1 N–H and O–H groups in total. The van der Waals surface area contributed by atoms with Gasteiger partial charge in [-0.05, 0) is 47.9 Å². The SMILES string of the molecule is COc1ccc2c(=O)c(-c3ccc(-c4cc(F)c(OC)c(F)c4)cc3)c(C)[nH]c2c1.